The maximum absolute atomic E-state index is 13.2. The summed E-state index contributed by atoms with van der Waals surface area (Å²) in [5.74, 6) is 0.748. The van der Waals surface area contributed by atoms with Gasteiger partial charge in [0.25, 0.3) is 0 Å². The zero-order chi connectivity index (χ0) is 19.1. The second-order valence-corrected chi connectivity index (χ2v) is 8.93. The molecular formula is C22H32N2O2S. The van der Waals surface area contributed by atoms with Crippen molar-refractivity contribution in [3.63, 3.8) is 0 Å². The lowest BCUT2D eigenvalue weighted by Gasteiger charge is -2.41. The summed E-state index contributed by atoms with van der Waals surface area (Å²) in [5.41, 5.74) is 0.796. The van der Waals surface area contributed by atoms with E-state index in [4.69, 9.17) is 0 Å². The number of anilines is 1. The number of benzene rings is 1. The Morgan fingerprint density at radius 1 is 0.926 bits per heavy atom. The van der Waals surface area contributed by atoms with E-state index < -0.39 is 0 Å². The number of nitrogens with one attached hydrogen (secondary N) is 1. The van der Waals surface area contributed by atoms with Gasteiger partial charge >= 0.3 is 0 Å². The molecule has 0 spiro atoms. The van der Waals surface area contributed by atoms with Crippen LogP contribution in [0.25, 0.3) is 0 Å². The highest BCUT2D eigenvalue weighted by Gasteiger charge is 2.32. The summed E-state index contributed by atoms with van der Waals surface area (Å²) in [6.07, 6.45) is 12.4. The fraction of sp³-hybridized carbons (Fsp3) is 0.636. The maximum atomic E-state index is 13.2. The molecule has 2 saturated carbocycles. The molecule has 2 aliphatic rings. The lowest BCUT2D eigenvalue weighted by Crippen LogP contribution is -2.49. The molecular weight excluding hydrogens is 356 g/mol. The number of thioether (sulfide) groups is 1. The monoisotopic (exact) mass is 388 g/mol. The summed E-state index contributed by atoms with van der Waals surface area (Å²) in [6, 6.07) is 8.67. The molecule has 1 aromatic rings. The van der Waals surface area contributed by atoms with Gasteiger partial charge in [0.2, 0.25) is 11.8 Å². The number of carbonyl (C=O) groups is 2. The molecule has 2 amide bonds. The molecule has 0 radical (unpaired) electrons. The predicted octanol–water partition coefficient (Wildman–Crippen LogP) is 5.23. The van der Waals surface area contributed by atoms with Crippen LogP contribution in [0.1, 0.15) is 71.1 Å². The summed E-state index contributed by atoms with van der Waals surface area (Å²) < 4.78 is 0. The number of hydrogen-bond donors (Lipinski definition) is 1. The van der Waals surface area contributed by atoms with Crippen LogP contribution >= 0.6 is 11.8 Å². The Labute approximate surface area is 167 Å². The van der Waals surface area contributed by atoms with Crippen molar-refractivity contribution in [1.29, 1.82) is 0 Å². The molecule has 2 fully saturated rings. The maximum Gasteiger partial charge on any atom is 0.233 e. The van der Waals surface area contributed by atoms with E-state index in [9.17, 15) is 9.59 Å². The topological polar surface area (TPSA) is 49.4 Å². The fourth-order valence-electron chi connectivity index (χ4n) is 4.48. The summed E-state index contributed by atoms with van der Waals surface area (Å²) in [6.45, 7) is 1.51. The number of nitrogens with zero attached hydrogens (tertiary/aromatic N) is 1. The van der Waals surface area contributed by atoms with Crippen LogP contribution in [-0.2, 0) is 9.59 Å². The fourth-order valence-corrected chi connectivity index (χ4v) is 5.25. The highest BCUT2D eigenvalue weighted by atomic mass is 32.2. The van der Waals surface area contributed by atoms with E-state index in [0.29, 0.717) is 23.7 Å². The van der Waals surface area contributed by atoms with Crippen molar-refractivity contribution < 1.29 is 9.59 Å². The van der Waals surface area contributed by atoms with Crippen molar-refractivity contribution in [2.24, 2.45) is 0 Å². The number of rotatable bonds is 6. The normalized spacial score (nSPS) is 18.9. The van der Waals surface area contributed by atoms with Crippen LogP contribution in [0.4, 0.5) is 5.69 Å². The second kappa shape index (κ2) is 10.2. The van der Waals surface area contributed by atoms with Gasteiger partial charge in [0.1, 0.15) is 0 Å². The van der Waals surface area contributed by atoms with Gasteiger partial charge in [-0.15, -0.1) is 11.8 Å². The van der Waals surface area contributed by atoms with E-state index >= 15 is 0 Å². The Balaban J connectivity index is 1.60. The summed E-state index contributed by atoms with van der Waals surface area (Å²) in [5, 5.41) is 2.78. The van der Waals surface area contributed by atoms with Crippen LogP contribution in [0.5, 0.6) is 0 Å². The lowest BCUT2D eigenvalue weighted by molar-refractivity contribution is -0.135. The van der Waals surface area contributed by atoms with Crippen molar-refractivity contribution in [2.75, 3.05) is 11.1 Å². The van der Waals surface area contributed by atoms with Crippen molar-refractivity contribution in [3.05, 3.63) is 24.3 Å². The first-order valence-electron chi connectivity index (χ1n) is 10.4. The third-order valence-electron chi connectivity index (χ3n) is 5.76. The SMILES string of the molecule is CC(=O)Nc1ccc(SCC(=O)N(C2CCCCC2)C2CCCCC2)cc1. The molecule has 5 heteroatoms. The molecule has 2 aliphatic carbocycles. The summed E-state index contributed by atoms with van der Waals surface area (Å²) in [7, 11) is 0. The standard InChI is InChI=1S/C22H32N2O2S/c1-17(25)23-18-12-14-21(15-13-18)27-16-22(26)24(19-8-4-2-5-9-19)20-10-6-3-7-11-20/h12-15,19-20H,2-11,16H2,1H3,(H,23,25). The van der Waals surface area contributed by atoms with E-state index in [0.717, 1.165) is 10.6 Å². The minimum Gasteiger partial charge on any atom is -0.336 e. The van der Waals surface area contributed by atoms with Gasteiger partial charge in [0.05, 0.1) is 5.75 Å². The van der Waals surface area contributed by atoms with Gasteiger partial charge in [-0.05, 0) is 49.9 Å². The smallest absolute Gasteiger partial charge is 0.233 e. The van der Waals surface area contributed by atoms with Gasteiger partial charge in [0.15, 0.2) is 0 Å². The van der Waals surface area contributed by atoms with E-state index in [1.165, 1.54) is 71.1 Å². The van der Waals surface area contributed by atoms with Gasteiger partial charge < -0.3 is 10.2 Å². The molecule has 3 rings (SSSR count). The highest BCUT2D eigenvalue weighted by Crippen LogP contribution is 2.31. The van der Waals surface area contributed by atoms with Crippen LogP contribution in [0.15, 0.2) is 29.2 Å². The van der Waals surface area contributed by atoms with E-state index in [1.807, 2.05) is 24.3 Å². The van der Waals surface area contributed by atoms with E-state index in [2.05, 4.69) is 10.2 Å². The Hall–Kier alpha value is -1.49. The first-order chi connectivity index (χ1) is 13.1. The Bertz CT molecular complexity index is 602. The average Bonchev–Trinajstić information content (AvgIpc) is 2.69. The van der Waals surface area contributed by atoms with Crippen LogP contribution in [-0.4, -0.2) is 34.6 Å². The molecule has 1 aromatic carbocycles. The number of amides is 2. The minimum atomic E-state index is -0.0683. The number of hydrogen-bond acceptors (Lipinski definition) is 3. The molecule has 4 nitrogen and oxygen atoms in total. The molecule has 0 saturated heterocycles. The third kappa shape index (κ3) is 6.00. The van der Waals surface area contributed by atoms with Crippen molar-refractivity contribution >= 4 is 29.3 Å². The Morgan fingerprint density at radius 3 is 1.93 bits per heavy atom. The van der Waals surface area contributed by atoms with Crippen molar-refractivity contribution in [2.45, 2.75) is 88.1 Å². The average molecular weight is 389 g/mol. The molecule has 0 aliphatic heterocycles. The molecule has 0 unspecified atom stereocenters. The molecule has 148 valence electrons. The second-order valence-electron chi connectivity index (χ2n) is 7.88. The molecule has 1 N–H and O–H groups in total. The number of carbonyl (C=O) groups excluding carboxylic acids is 2. The largest absolute Gasteiger partial charge is 0.336 e. The quantitative estimate of drug-likeness (QED) is 0.679. The van der Waals surface area contributed by atoms with Gasteiger partial charge in [-0.2, -0.15) is 0 Å². The van der Waals surface area contributed by atoms with Crippen LogP contribution in [0, 0.1) is 0 Å². The lowest BCUT2D eigenvalue weighted by atomic mass is 9.88. The van der Waals surface area contributed by atoms with E-state index in [1.54, 1.807) is 11.8 Å². The molecule has 0 heterocycles. The Kier molecular flexibility index (Phi) is 7.62. The highest BCUT2D eigenvalue weighted by molar-refractivity contribution is 8.00. The summed E-state index contributed by atoms with van der Waals surface area (Å²) >= 11 is 1.61. The first kappa shape index (κ1) is 20.2. The minimum absolute atomic E-state index is 0.0683. The Morgan fingerprint density at radius 2 is 1.44 bits per heavy atom. The zero-order valence-corrected chi connectivity index (χ0v) is 17.2. The van der Waals surface area contributed by atoms with Crippen LogP contribution in [0.2, 0.25) is 0 Å². The zero-order valence-electron chi connectivity index (χ0n) is 16.4. The van der Waals surface area contributed by atoms with Crippen molar-refractivity contribution in [1.82, 2.24) is 4.90 Å². The predicted molar refractivity (Wildman–Crippen MR) is 112 cm³/mol. The van der Waals surface area contributed by atoms with E-state index in [-0.39, 0.29) is 5.91 Å². The van der Waals surface area contributed by atoms with Crippen LogP contribution in [0.3, 0.4) is 0 Å². The first-order valence-corrected chi connectivity index (χ1v) is 11.4. The molecule has 0 bridgehead atoms. The summed E-state index contributed by atoms with van der Waals surface area (Å²) in [4.78, 5) is 27.7. The molecule has 0 atom stereocenters. The third-order valence-corrected chi connectivity index (χ3v) is 6.76. The molecule has 27 heavy (non-hydrogen) atoms. The van der Waals surface area contributed by atoms with Crippen molar-refractivity contribution in [3.8, 4) is 0 Å². The van der Waals surface area contributed by atoms with Gasteiger partial charge in [-0.1, -0.05) is 38.5 Å². The van der Waals surface area contributed by atoms with Gasteiger partial charge in [0, 0.05) is 29.6 Å². The molecule has 0 aromatic heterocycles. The van der Waals surface area contributed by atoms with Gasteiger partial charge in [-0.25, -0.2) is 0 Å². The van der Waals surface area contributed by atoms with Gasteiger partial charge in [-0.3, -0.25) is 9.59 Å². The van der Waals surface area contributed by atoms with Crippen LogP contribution < -0.4 is 5.32 Å².